The summed E-state index contributed by atoms with van der Waals surface area (Å²) in [7, 11) is 0. The topological polar surface area (TPSA) is 97.1 Å². The first kappa shape index (κ1) is 24.6. The fourth-order valence-corrected chi connectivity index (χ4v) is 4.19. The Balaban J connectivity index is 1.31. The van der Waals surface area contributed by atoms with Crippen molar-refractivity contribution in [1.82, 2.24) is 10.2 Å². The van der Waals surface area contributed by atoms with Crippen molar-refractivity contribution in [2.45, 2.75) is 13.8 Å². The minimum absolute atomic E-state index is 0.0397. The number of para-hydroxylation sites is 1. The number of aryl methyl sites for hydroxylation is 2. The van der Waals surface area contributed by atoms with E-state index in [4.69, 9.17) is 9.47 Å². The van der Waals surface area contributed by atoms with Gasteiger partial charge in [-0.2, -0.15) is 5.26 Å². The maximum Gasteiger partial charge on any atom is 0.268 e. The van der Waals surface area contributed by atoms with Crippen LogP contribution in [-0.2, 0) is 4.79 Å². The number of hydrogen-bond donors (Lipinski definition) is 1. The molecule has 0 aliphatic heterocycles. The second-order valence-electron chi connectivity index (χ2n) is 7.89. The number of carbonyl (C=O) groups is 1. The Morgan fingerprint density at radius 1 is 0.944 bits per heavy atom. The quantitative estimate of drug-likeness (QED) is 0.178. The maximum atomic E-state index is 12.6. The van der Waals surface area contributed by atoms with Crippen LogP contribution in [0.5, 0.6) is 11.5 Å². The van der Waals surface area contributed by atoms with Crippen molar-refractivity contribution in [2.75, 3.05) is 18.5 Å². The van der Waals surface area contributed by atoms with E-state index in [0.717, 1.165) is 22.4 Å². The largest absolute Gasteiger partial charge is 0.490 e. The Labute approximate surface area is 213 Å². The van der Waals surface area contributed by atoms with Crippen LogP contribution in [0.2, 0.25) is 0 Å². The normalized spacial score (nSPS) is 11.0. The first-order valence-electron chi connectivity index (χ1n) is 11.3. The zero-order valence-electron chi connectivity index (χ0n) is 19.9. The van der Waals surface area contributed by atoms with Gasteiger partial charge in [0.1, 0.15) is 41.4 Å². The third-order valence-corrected chi connectivity index (χ3v) is 6.12. The Morgan fingerprint density at radius 3 is 2.33 bits per heavy atom. The van der Waals surface area contributed by atoms with E-state index in [9.17, 15) is 10.1 Å². The monoisotopic (exact) mass is 496 g/mol. The van der Waals surface area contributed by atoms with Crippen molar-refractivity contribution >= 4 is 28.5 Å². The number of carbonyl (C=O) groups excluding carboxylic acids is 1. The molecule has 0 fully saturated rings. The van der Waals surface area contributed by atoms with E-state index in [1.54, 1.807) is 24.3 Å². The molecule has 0 saturated heterocycles. The molecule has 0 saturated carbocycles. The highest BCUT2D eigenvalue weighted by Crippen LogP contribution is 2.26. The predicted octanol–water partition coefficient (Wildman–Crippen LogP) is 5.83. The van der Waals surface area contributed by atoms with E-state index in [-0.39, 0.29) is 5.57 Å². The van der Waals surface area contributed by atoms with E-state index in [0.29, 0.717) is 34.7 Å². The van der Waals surface area contributed by atoms with Crippen LogP contribution in [0, 0.1) is 25.2 Å². The van der Waals surface area contributed by atoms with Gasteiger partial charge >= 0.3 is 0 Å². The highest BCUT2D eigenvalue weighted by molar-refractivity contribution is 7.18. The summed E-state index contributed by atoms with van der Waals surface area (Å²) >= 11 is 1.24. The molecule has 1 aromatic heterocycles. The van der Waals surface area contributed by atoms with Crippen molar-refractivity contribution in [1.29, 1.82) is 5.26 Å². The zero-order chi connectivity index (χ0) is 25.3. The van der Waals surface area contributed by atoms with Crippen LogP contribution < -0.4 is 14.8 Å². The van der Waals surface area contributed by atoms with Crippen molar-refractivity contribution in [3.8, 4) is 28.1 Å². The van der Waals surface area contributed by atoms with E-state index < -0.39 is 5.91 Å². The summed E-state index contributed by atoms with van der Waals surface area (Å²) in [6, 6.07) is 24.7. The van der Waals surface area contributed by atoms with Crippen molar-refractivity contribution in [3.05, 3.63) is 95.1 Å². The third-order valence-electron chi connectivity index (χ3n) is 5.23. The molecule has 4 aromatic rings. The minimum atomic E-state index is -0.544. The lowest BCUT2D eigenvalue weighted by Gasteiger charge is -2.12. The summed E-state index contributed by atoms with van der Waals surface area (Å²) in [6.07, 6.45) is 1.52. The molecule has 36 heavy (non-hydrogen) atoms. The first-order valence-corrected chi connectivity index (χ1v) is 12.1. The second kappa shape index (κ2) is 11.8. The van der Waals surface area contributed by atoms with Crippen LogP contribution in [0.1, 0.15) is 16.7 Å². The predicted molar refractivity (Wildman–Crippen MR) is 141 cm³/mol. The molecule has 0 unspecified atom stereocenters. The number of nitrogens with one attached hydrogen (secondary N) is 1. The van der Waals surface area contributed by atoms with Crippen LogP contribution in [0.3, 0.4) is 0 Å². The second-order valence-corrected chi connectivity index (χ2v) is 8.87. The van der Waals surface area contributed by atoms with Gasteiger partial charge in [-0.05, 0) is 48.7 Å². The number of anilines is 1. The van der Waals surface area contributed by atoms with Gasteiger partial charge in [0.05, 0.1) is 0 Å². The third kappa shape index (κ3) is 6.34. The molecular weight excluding hydrogens is 472 g/mol. The highest BCUT2D eigenvalue weighted by atomic mass is 32.1. The minimum Gasteiger partial charge on any atom is -0.490 e. The van der Waals surface area contributed by atoms with E-state index in [2.05, 4.69) is 15.5 Å². The molecular formula is C28H24N4O3S. The number of benzene rings is 3. The summed E-state index contributed by atoms with van der Waals surface area (Å²) < 4.78 is 11.6. The molecule has 4 rings (SSSR count). The van der Waals surface area contributed by atoms with Gasteiger partial charge in [0.15, 0.2) is 0 Å². The molecule has 0 aliphatic rings. The van der Waals surface area contributed by atoms with E-state index in [1.165, 1.54) is 17.4 Å². The average Bonchev–Trinajstić information content (AvgIpc) is 3.36. The van der Waals surface area contributed by atoms with Crippen LogP contribution in [0.4, 0.5) is 5.13 Å². The summed E-state index contributed by atoms with van der Waals surface area (Å²) in [5, 5.41) is 21.3. The van der Waals surface area contributed by atoms with Crippen LogP contribution in [0.15, 0.2) is 78.4 Å². The molecule has 0 spiro atoms. The molecule has 180 valence electrons. The van der Waals surface area contributed by atoms with Crippen LogP contribution >= 0.6 is 11.3 Å². The van der Waals surface area contributed by atoms with Gasteiger partial charge in [-0.15, -0.1) is 10.2 Å². The van der Waals surface area contributed by atoms with Gasteiger partial charge in [0, 0.05) is 5.56 Å². The lowest BCUT2D eigenvalue weighted by Crippen LogP contribution is -2.13. The molecule has 0 radical (unpaired) electrons. The van der Waals surface area contributed by atoms with Gasteiger partial charge in [-0.1, -0.05) is 72.0 Å². The molecule has 7 nitrogen and oxygen atoms in total. The SMILES string of the molecule is Cc1cccc(C)c1OCCOc1ccc(/C=C(/C#N)C(=O)Nc2nnc(-c3ccccc3)s2)cc1. The zero-order valence-corrected chi connectivity index (χ0v) is 20.7. The summed E-state index contributed by atoms with van der Waals surface area (Å²) in [6.45, 7) is 4.84. The average molecular weight is 497 g/mol. The van der Waals surface area contributed by atoms with Gasteiger partial charge in [0.2, 0.25) is 5.13 Å². The molecule has 1 amide bonds. The summed E-state index contributed by atoms with van der Waals surface area (Å²) in [5.41, 5.74) is 3.74. The molecule has 1 N–H and O–H groups in total. The Morgan fingerprint density at radius 2 is 1.64 bits per heavy atom. The molecule has 8 heteroatoms. The Hall–Kier alpha value is -4.48. The number of rotatable bonds is 9. The van der Waals surface area contributed by atoms with Crippen molar-refractivity contribution in [2.24, 2.45) is 0 Å². The molecule has 0 atom stereocenters. The smallest absolute Gasteiger partial charge is 0.268 e. The lowest BCUT2D eigenvalue weighted by molar-refractivity contribution is -0.112. The molecule has 3 aromatic carbocycles. The summed E-state index contributed by atoms with van der Waals surface area (Å²) in [4.78, 5) is 12.6. The van der Waals surface area contributed by atoms with Gasteiger partial charge in [-0.3, -0.25) is 10.1 Å². The number of hydrogen-bond acceptors (Lipinski definition) is 7. The lowest BCUT2D eigenvalue weighted by atomic mass is 10.1. The molecule has 0 bridgehead atoms. The molecule has 1 heterocycles. The fourth-order valence-electron chi connectivity index (χ4n) is 3.44. The summed E-state index contributed by atoms with van der Waals surface area (Å²) in [5.74, 6) is 1.01. The van der Waals surface area contributed by atoms with Crippen LogP contribution in [-0.4, -0.2) is 29.3 Å². The highest BCUT2D eigenvalue weighted by Gasteiger charge is 2.13. The van der Waals surface area contributed by atoms with E-state index >= 15 is 0 Å². The van der Waals surface area contributed by atoms with Crippen molar-refractivity contribution < 1.29 is 14.3 Å². The Kier molecular flexibility index (Phi) is 8.06. The standard InChI is InChI=1S/C28H24N4O3S/c1-19-7-6-8-20(2)25(19)35-16-15-34-24-13-11-21(12-14-24)17-23(18-29)26(33)30-28-32-31-27(36-28)22-9-4-3-5-10-22/h3-14,17H,15-16H2,1-2H3,(H,30,32,33)/b23-17-. The number of nitriles is 1. The number of amides is 1. The number of ether oxygens (including phenoxy) is 2. The first-order chi connectivity index (χ1) is 17.5. The maximum absolute atomic E-state index is 12.6. The van der Waals surface area contributed by atoms with E-state index in [1.807, 2.05) is 68.4 Å². The van der Waals surface area contributed by atoms with Crippen molar-refractivity contribution in [3.63, 3.8) is 0 Å². The van der Waals surface area contributed by atoms with Crippen LogP contribution in [0.25, 0.3) is 16.6 Å². The van der Waals surface area contributed by atoms with Gasteiger partial charge < -0.3 is 9.47 Å². The molecule has 0 aliphatic carbocycles. The number of aromatic nitrogens is 2. The number of nitrogens with zero attached hydrogens (tertiary/aromatic N) is 3. The van der Waals surface area contributed by atoms with Gasteiger partial charge in [0.25, 0.3) is 5.91 Å². The fraction of sp³-hybridized carbons (Fsp3) is 0.143. The van der Waals surface area contributed by atoms with Gasteiger partial charge in [-0.25, -0.2) is 0 Å². The Bertz CT molecular complexity index is 1390.